The summed E-state index contributed by atoms with van der Waals surface area (Å²) in [6.45, 7) is 3.77. The molecule has 0 atom stereocenters. The number of carbonyl (C=O) groups is 1. The van der Waals surface area contributed by atoms with Crippen LogP contribution in [0.5, 0.6) is 0 Å². The number of nitrogens with one attached hydrogen (secondary N) is 1. The molecular weight excluding hydrogens is 402 g/mol. The topological polar surface area (TPSA) is 109 Å². The second kappa shape index (κ2) is 7.56. The molecule has 0 saturated heterocycles. The number of pyridine rings is 1. The Morgan fingerprint density at radius 2 is 1.72 bits per heavy atom. The van der Waals surface area contributed by atoms with E-state index in [1.54, 1.807) is 24.3 Å². The van der Waals surface area contributed by atoms with E-state index >= 15 is 0 Å². The van der Waals surface area contributed by atoms with E-state index in [2.05, 4.69) is 31.4 Å². The summed E-state index contributed by atoms with van der Waals surface area (Å²) in [5.74, 6) is 0.369. The van der Waals surface area contributed by atoms with Gasteiger partial charge in [0.2, 0.25) is 0 Å². The molecule has 1 N–H and O–H groups in total. The summed E-state index contributed by atoms with van der Waals surface area (Å²) in [5.41, 5.74) is 4.43. The standard InChI is InChI=1S/C24H17N7O/c1-14-15(2)28-21-11-17(7-9-20(21)27-14)24(32)30-23-18(12-25)13-26-31(23)22-10-8-16-5-3-4-6-19(16)29-22/h3-11,13H,1-2H3,(H,30,32). The average molecular weight is 419 g/mol. The second-order valence-corrected chi connectivity index (χ2v) is 7.34. The lowest BCUT2D eigenvalue weighted by molar-refractivity contribution is 0.102. The Labute approximate surface area is 183 Å². The van der Waals surface area contributed by atoms with Gasteiger partial charge >= 0.3 is 0 Å². The van der Waals surface area contributed by atoms with Crippen LogP contribution in [0.25, 0.3) is 27.8 Å². The summed E-state index contributed by atoms with van der Waals surface area (Å²) in [5, 5.41) is 17.6. The van der Waals surface area contributed by atoms with E-state index in [1.807, 2.05) is 44.2 Å². The molecule has 8 nitrogen and oxygen atoms in total. The van der Waals surface area contributed by atoms with Crippen molar-refractivity contribution in [2.24, 2.45) is 0 Å². The Morgan fingerprint density at radius 3 is 2.53 bits per heavy atom. The minimum absolute atomic E-state index is 0.236. The number of nitriles is 1. The van der Waals surface area contributed by atoms with Gasteiger partial charge in [0.1, 0.15) is 11.6 Å². The first-order valence-corrected chi connectivity index (χ1v) is 9.94. The van der Waals surface area contributed by atoms with Crippen LogP contribution in [0.2, 0.25) is 0 Å². The van der Waals surface area contributed by atoms with Gasteiger partial charge in [0, 0.05) is 10.9 Å². The third kappa shape index (κ3) is 3.32. The number of carbonyl (C=O) groups excluding carboxylic acids is 1. The van der Waals surface area contributed by atoms with Crippen molar-refractivity contribution in [3.63, 3.8) is 0 Å². The van der Waals surface area contributed by atoms with Crippen LogP contribution in [0.15, 0.2) is 60.8 Å². The fourth-order valence-corrected chi connectivity index (χ4v) is 3.45. The number of hydrogen-bond donors (Lipinski definition) is 1. The molecule has 154 valence electrons. The Kier molecular flexibility index (Phi) is 4.57. The molecule has 0 unspecified atom stereocenters. The van der Waals surface area contributed by atoms with Crippen molar-refractivity contribution in [2.75, 3.05) is 5.32 Å². The predicted octanol–water partition coefficient (Wildman–Crippen LogP) is 4.10. The molecule has 0 aliphatic rings. The number of anilines is 1. The van der Waals surface area contributed by atoms with Crippen molar-refractivity contribution >= 4 is 33.7 Å². The first-order valence-electron chi connectivity index (χ1n) is 9.94. The minimum atomic E-state index is -0.383. The van der Waals surface area contributed by atoms with Crippen LogP contribution in [0.3, 0.4) is 0 Å². The molecule has 0 radical (unpaired) electrons. The van der Waals surface area contributed by atoms with Gasteiger partial charge in [0.15, 0.2) is 11.6 Å². The minimum Gasteiger partial charge on any atom is -0.305 e. The first kappa shape index (κ1) is 19.3. The van der Waals surface area contributed by atoms with Crippen molar-refractivity contribution in [1.82, 2.24) is 24.7 Å². The van der Waals surface area contributed by atoms with Gasteiger partial charge in [-0.15, -0.1) is 0 Å². The van der Waals surface area contributed by atoms with E-state index in [4.69, 9.17) is 0 Å². The maximum atomic E-state index is 13.0. The van der Waals surface area contributed by atoms with Crippen LogP contribution >= 0.6 is 0 Å². The third-order valence-corrected chi connectivity index (χ3v) is 5.26. The quantitative estimate of drug-likeness (QED) is 0.471. The van der Waals surface area contributed by atoms with Gasteiger partial charge in [-0.2, -0.15) is 15.0 Å². The summed E-state index contributed by atoms with van der Waals surface area (Å²) in [6, 6.07) is 18.6. The zero-order chi connectivity index (χ0) is 22.2. The molecule has 0 aliphatic heterocycles. The number of fused-ring (bicyclic) bond motifs is 2. The molecule has 3 heterocycles. The molecule has 2 aromatic carbocycles. The fraction of sp³-hybridized carbons (Fsp3) is 0.0833. The predicted molar refractivity (Wildman–Crippen MR) is 121 cm³/mol. The Balaban J connectivity index is 1.53. The summed E-state index contributed by atoms with van der Waals surface area (Å²) < 4.78 is 1.46. The summed E-state index contributed by atoms with van der Waals surface area (Å²) in [7, 11) is 0. The highest BCUT2D eigenvalue weighted by Crippen LogP contribution is 2.22. The molecule has 32 heavy (non-hydrogen) atoms. The van der Waals surface area contributed by atoms with E-state index in [0.29, 0.717) is 22.4 Å². The molecule has 0 fully saturated rings. The number of benzene rings is 2. The molecule has 0 saturated carbocycles. The molecule has 0 bridgehead atoms. The second-order valence-electron chi connectivity index (χ2n) is 7.34. The van der Waals surface area contributed by atoms with E-state index in [1.165, 1.54) is 10.9 Å². The number of hydrogen-bond acceptors (Lipinski definition) is 6. The number of aromatic nitrogens is 5. The molecule has 0 aliphatic carbocycles. The lowest BCUT2D eigenvalue weighted by Gasteiger charge is -2.10. The Morgan fingerprint density at radius 1 is 0.938 bits per heavy atom. The molecule has 1 amide bonds. The van der Waals surface area contributed by atoms with Gasteiger partial charge in [0.05, 0.1) is 34.1 Å². The van der Waals surface area contributed by atoms with Crippen molar-refractivity contribution in [2.45, 2.75) is 13.8 Å². The SMILES string of the molecule is Cc1nc2ccc(C(=O)Nc3c(C#N)cnn3-c3ccc4ccccc4n3)cc2nc1C. The van der Waals surface area contributed by atoms with Gasteiger partial charge in [0.25, 0.3) is 5.91 Å². The number of amides is 1. The molecule has 5 rings (SSSR count). The van der Waals surface area contributed by atoms with Crippen LogP contribution in [-0.2, 0) is 0 Å². The first-order chi connectivity index (χ1) is 15.5. The normalized spacial score (nSPS) is 10.9. The van der Waals surface area contributed by atoms with Gasteiger partial charge in [-0.05, 0) is 50.2 Å². The highest BCUT2D eigenvalue weighted by atomic mass is 16.1. The molecule has 0 spiro atoms. The smallest absolute Gasteiger partial charge is 0.256 e. The van der Waals surface area contributed by atoms with Gasteiger partial charge < -0.3 is 5.32 Å². The maximum absolute atomic E-state index is 13.0. The zero-order valence-corrected chi connectivity index (χ0v) is 17.4. The Bertz CT molecular complexity index is 1560. The lowest BCUT2D eigenvalue weighted by Crippen LogP contribution is -2.16. The highest BCUT2D eigenvalue weighted by molar-refractivity contribution is 6.06. The summed E-state index contributed by atoms with van der Waals surface area (Å²) >= 11 is 0. The van der Waals surface area contributed by atoms with Crippen molar-refractivity contribution in [3.8, 4) is 11.9 Å². The molecular formula is C24H17N7O. The maximum Gasteiger partial charge on any atom is 0.256 e. The van der Waals surface area contributed by atoms with Crippen LogP contribution in [0.1, 0.15) is 27.3 Å². The fourth-order valence-electron chi connectivity index (χ4n) is 3.45. The van der Waals surface area contributed by atoms with E-state index in [-0.39, 0.29) is 17.3 Å². The molecule has 3 aromatic heterocycles. The monoisotopic (exact) mass is 419 g/mol. The van der Waals surface area contributed by atoms with Gasteiger partial charge in [-0.3, -0.25) is 4.79 Å². The number of nitrogens with zero attached hydrogens (tertiary/aromatic N) is 6. The lowest BCUT2D eigenvalue weighted by atomic mass is 10.1. The van der Waals surface area contributed by atoms with Crippen LogP contribution < -0.4 is 5.32 Å². The van der Waals surface area contributed by atoms with Crippen LogP contribution in [0.4, 0.5) is 5.82 Å². The van der Waals surface area contributed by atoms with Crippen molar-refractivity contribution < 1.29 is 4.79 Å². The van der Waals surface area contributed by atoms with Crippen LogP contribution in [-0.4, -0.2) is 30.6 Å². The number of aryl methyl sites for hydroxylation is 2. The molecule has 5 aromatic rings. The molecule has 8 heteroatoms. The van der Waals surface area contributed by atoms with Gasteiger partial charge in [-0.25, -0.2) is 15.0 Å². The number of rotatable bonds is 3. The van der Waals surface area contributed by atoms with E-state index < -0.39 is 0 Å². The van der Waals surface area contributed by atoms with Crippen molar-refractivity contribution in [1.29, 1.82) is 5.26 Å². The third-order valence-electron chi connectivity index (χ3n) is 5.26. The summed E-state index contributed by atoms with van der Waals surface area (Å²) in [6.07, 6.45) is 1.41. The Hall–Kier alpha value is -4.64. The number of para-hydroxylation sites is 1. The van der Waals surface area contributed by atoms with Crippen molar-refractivity contribution in [3.05, 3.63) is 83.3 Å². The van der Waals surface area contributed by atoms with E-state index in [0.717, 1.165) is 22.3 Å². The average Bonchev–Trinajstić information content (AvgIpc) is 3.21. The van der Waals surface area contributed by atoms with E-state index in [9.17, 15) is 10.1 Å². The largest absolute Gasteiger partial charge is 0.305 e. The summed E-state index contributed by atoms with van der Waals surface area (Å²) in [4.78, 5) is 26.7. The zero-order valence-electron chi connectivity index (χ0n) is 17.4. The highest BCUT2D eigenvalue weighted by Gasteiger charge is 2.18. The van der Waals surface area contributed by atoms with Gasteiger partial charge in [-0.1, -0.05) is 18.2 Å². The van der Waals surface area contributed by atoms with Crippen LogP contribution in [0, 0.1) is 25.2 Å².